The molecule has 2 rings (SSSR count). The number of methoxy groups -OCH3 is 1. The molecule has 0 N–H and O–H groups in total. The average Bonchev–Trinajstić information content (AvgIpc) is 2.41. The van der Waals surface area contributed by atoms with Gasteiger partial charge in [0.15, 0.2) is 0 Å². The molecule has 0 radical (unpaired) electrons. The van der Waals surface area contributed by atoms with Gasteiger partial charge in [0.1, 0.15) is 11.9 Å². The summed E-state index contributed by atoms with van der Waals surface area (Å²) in [6.07, 6.45) is 5.61. The topological polar surface area (TPSA) is 35.5 Å². The largest absolute Gasteiger partial charge is 0.497 e. The molecule has 0 aromatic heterocycles. The number of benzene rings is 1. The Morgan fingerprint density at radius 2 is 1.89 bits per heavy atom. The minimum atomic E-state index is -0.161. The van der Waals surface area contributed by atoms with E-state index in [2.05, 4.69) is 12.1 Å². The zero-order chi connectivity index (χ0) is 13.7. The van der Waals surface area contributed by atoms with Crippen molar-refractivity contribution in [2.45, 2.75) is 45.1 Å². The highest BCUT2D eigenvalue weighted by Crippen LogP contribution is 2.30. The van der Waals surface area contributed by atoms with Crippen molar-refractivity contribution in [1.29, 1.82) is 0 Å². The first kappa shape index (κ1) is 13.9. The fraction of sp³-hybridized carbons (Fsp3) is 0.562. The van der Waals surface area contributed by atoms with Crippen LogP contribution in [0.25, 0.3) is 0 Å². The summed E-state index contributed by atoms with van der Waals surface area (Å²) in [5, 5.41) is 0. The van der Waals surface area contributed by atoms with Crippen LogP contribution in [0.4, 0.5) is 0 Å². The van der Waals surface area contributed by atoms with E-state index in [1.54, 1.807) is 7.11 Å². The third kappa shape index (κ3) is 3.98. The normalized spacial score (nSPS) is 22.8. The van der Waals surface area contributed by atoms with Crippen LogP contribution < -0.4 is 4.74 Å². The first-order valence-electron chi connectivity index (χ1n) is 6.99. The summed E-state index contributed by atoms with van der Waals surface area (Å²) >= 11 is 0. The molecule has 0 saturated heterocycles. The van der Waals surface area contributed by atoms with Gasteiger partial charge in [0, 0.05) is 6.92 Å². The number of hydrogen-bond donors (Lipinski definition) is 0. The lowest BCUT2D eigenvalue weighted by Gasteiger charge is -2.31. The van der Waals surface area contributed by atoms with Crippen LogP contribution in [0.15, 0.2) is 24.3 Å². The second kappa shape index (κ2) is 6.60. The zero-order valence-corrected chi connectivity index (χ0v) is 11.7. The van der Waals surface area contributed by atoms with E-state index in [1.165, 1.54) is 18.9 Å². The van der Waals surface area contributed by atoms with E-state index in [0.29, 0.717) is 5.92 Å². The Hall–Kier alpha value is -1.51. The SMILES string of the molecule is COc1ccc(C[C@H]2CCCC[C@@H]2OC(C)=O)cc1. The third-order valence-corrected chi connectivity index (χ3v) is 3.81. The Balaban J connectivity index is 1.99. The third-order valence-electron chi connectivity index (χ3n) is 3.81. The molecule has 3 heteroatoms. The maximum Gasteiger partial charge on any atom is 0.302 e. The van der Waals surface area contributed by atoms with Crippen molar-refractivity contribution in [2.24, 2.45) is 5.92 Å². The molecular formula is C16H22O3. The van der Waals surface area contributed by atoms with Crippen LogP contribution in [0.5, 0.6) is 5.75 Å². The van der Waals surface area contributed by atoms with Gasteiger partial charge in [-0.3, -0.25) is 4.79 Å². The average molecular weight is 262 g/mol. The van der Waals surface area contributed by atoms with Crippen LogP contribution in [-0.4, -0.2) is 19.2 Å². The summed E-state index contributed by atoms with van der Waals surface area (Å²) < 4.78 is 10.6. The molecule has 3 nitrogen and oxygen atoms in total. The standard InChI is InChI=1S/C16H22O3/c1-12(17)19-16-6-4-3-5-14(16)11-13-7-9-15(18-2)10-8-13/h7-10,14,16H,3-6,11H2,1-2H3/t14-,16+/m1/s1. The molecule has 1 aromatic rings. The molecule has 0 bridgehead atoms. The highest BCUT2D eigenvalue weighted by molar-refractivity contribution is 5.66. The molecule has 1 fully saturated rings. The Bertz CT molecular complexity index is 411. The molecule has 1 saturated carbocycles. The van der Waals surface area contributed by atoms with Gasteiger partial charge in [0.25, 0.3) is 0 Å². The predicted molar refractivity (Wildman–Crippen MR) is 74.2 cm³/mol. The molecule has 104 valence electrons. The van der Waals surface area contributed by atoms with E-state index in [0.717, 1.165) is 31.4 Å². The first-order chi connectivity index (χ1) is 9.19. The van der Waals surface area contributed by atoms with E-state index >= 15 is 0 Å². The Morgan fingerprint density at radius 3 is 2.53 bits per heavy atom. The van der Waals surface area contributed by atoms with E-state index in [9.17, 15) is 4.79 Å². The van der Waals surface area contributed by atoms with E-state index in [1.807, 2.05) is 12.1 Å². The quantitative estimate of drug-likeness (QED) is 0.780. The van der Waals surface area contributed by atoms with Crippen molar-refractivity contribution in [3.05, 3.63) is 29.8 Å². The van der Waals surface area contributed by atoms with Crippen LogP contribution in [0.3, 0.4) is 0 Å². The second-order valence-electron chi connectivity index (χ2n) is 5.24. The van der Waals surface area contributed by atoms with E-state index in [-0.39, 0.29) is 12.1 Å². The van der Waals surface area contributed by atoms with Crippen LogP contribution in [0.2, 0.25) is 0 Å². The molecule has 0 spiro atoms. The minimum Gasteiger partial charge on any atom is -0.497 e. The van der Waals surface area contributed by atoms with E-state index < -0.39 is 0 Å². The molecule has 0 amide bonds. The van der Waals surface area contributed by atoms with Gasteiger partial charge in [0.2, 0.25) is 0 Å². The number of carbonyl (C=O) groups excluding carboxylic acids is 1. The highest BCUT2D eigenvalue weighted by atomic mass is 16.5. The molecular weight excluding hydrogens is 240 g/mol. The molecule has 2 atom stereocenters. The van der Waals surface area contributed by atoms with E-state index in [4.69, 9.17) is 9.47 Å². The smallest absolute Gasteiger partial charge is 0.302 e. The monoisotopic (exact) mass is 262 g/mol. The van der Waals surface area contributed by atoms with Crippen LogP contribution in [0.1, 0.15) is 38.2 Å². The summed E-state index contributed by atoms with van der Waals surface area (Å²) in [4.78, 5) is 11.2. The summed E-state index contributed by atoms with van der Waals surface area (Å²) in [5.74, 6) is 1.17. The second-order valence-corrected chi connectivity index (χ2v) is 5.24. The summed E-state index contributed by atoms with van der Waals surface area (Å²) in [7, 11) is 1.67. The van der Waals surface area contributed by atoms with Crippen LogP contribution in [-0.2, 0) is 16.0 Å². The lowest BCUT2D eigenvalue weighted by atomic mass is 9.82. The van der Waals surface area contributed by atoms with Gasteiger partial charge in [-0.05, 0) is 49.3 Å². The van der Waals surface area contributed by atoms with Gasteiger partial charge in [-0.1, -0.05) is 18.6 Å². The number of esters is 1. The minimum absolute atomic E-state index is 0.0911. The van der Waals surface area contributed by atoms with Crippen LogP contribution >= 0.6 is 0 Å². The molecule has 0 heterocycles. The maximum atomic E-state index is 11.2. The molecule has 0 aliphatic heterocycles. The van der Waals surface area contributed by atoms with Crippen molar-refractivity contribution >= 4 is 5.97 Å². The Kier molecular flexibility index (Phi) is 4.83. The van der Waals surface area contributed by atoms with Gasteiger partial charge < -0.3 is 9.47 Å². The van der Waals surface area contributed by atoms with Crippen molar-refractivity contribution in [3.8, 4) is 5.75 Å². The van der Waals surface area contributed by atoms with Crippen molar-refractivity contribution in [2.75, 3.05) is 7.11 Å². The summed E-state index contributed by atoms with van der Waals surface area (Å²) in [5.41, 5.74) is 1.28. The zero-order valence-electron chi connectivity index (χ0n) is 11.7. The fourth-order valence-electron chi connectivity index (χ4n) is 2.84. The summed E-state index contributed by atoms with van der Waals surface area (Å²) in [6.45, 7) is 1.50. The molecule has 19 heavy (non-hydrogen) atoms. The molecule has 1 aliphatic rings. The Morgan fingerprint density at radius 1 is 1.21 bits per heavy atom. The fourth-order valence-corrected chi connectivity index (χ4v) is 2.84. The number of hydrogen-bond acceptors (Lipinski definition) is 3. The molecule has 1 aromatic carbocycles. The number of carbonyl (C=O) groups is 1. The maximum absolute atomic E-state index is 11.2. The summed E-state index contributed by atoms with van der Waals surface area (Å²) in [6, 6.07) is 8.16. The first-order valence-corrected chi connectivity index (χ1v) is 6.99. The predicted octanol–water partition coefficient (Wildman–Crippen LogP) is 3.36. The highest BCUT2D eigenvalue weighted by Gasteiger charge is 2.27. The number of ether oxygens (including phenoxy) is 2. The molecule has 1 aliphatic carbocycles. The Labute approximate surface area is 114 Å². The van der Waals surface area contributed by atoms with Gasteiger partial charge >= 0.3 is 5.97 Å². The van der Waals surface area contributed by atoms with Crippen molar-refractivity contribution in [3.63, 3.8) is 0 Å². The molecule has 0 unspecified atom stereocenters. The lowest BCUT2D eigenvalue weighted by molar-refractivity contribution is -0.150. The number of rotatable bonds is 4. The lowest BCUT2D eigenvalue weighted by Crippen LogP contribution is -2.30. The van der Waals surface area contributed by atoms with Crippen molar-refractivity contribution < 1.29 is 14.3 Å². The van der Waals surface area contributed by atoms with Gasteiger partial charge in [-0.25, -0.2) is 0 Å². The van der Waals surface area contributed by atoms with Gasteiger partial charge in [-0.15, -0.1) is 0 Å². The van der Waals surface area contributed by atoms with Gasteiger partial charge in [-0.2, -0.15) is 0 Å². The van der Waals surface area contributed by atoms with Gasteiger partial charge in [0.05, 0.1) is 7.11 Å². The van der Waals surface area contributed by atoms with Crippen LogP contribution in [0, 0.1) is 5.92 Å². The van der Waals surface area contributed by atoms with Crippen molar-refractivity contribution in [1.82, 2.24) is 0 Å².